The first-order valence-electron chi connectivity index (χ1n) is 6.87. The van der Waals surface area contributed by atoms with Crippen molar-refractivity contribution in [1.82, 2.24) is 4.90 Å². The molecule has 1 aromatic carbocycles. The Morgan fingerprint density at radius 1 is 1.39 bits per heavy atom. The Morgan fingerprint density at radius 2 is 1.96 bits per heavy atom. The van der Waals surface area contributed by atoms with Crippen LogP contribution < -0.4 is 5.73 Å². The highest BCUT2D eigenvalue weighted by molar-refractivity contribution is 6.30. The van der Waals surface area contributed by atoms with Crippen molar-refractivity contribution in [3.8, 4) is 12.3 Å². The minimum Gasteiger partial charge on any atom is -0.394 e. The molecule has 0 aliphatic rings. The number of nitrogens with two attached hydrogens (primary N) is 1. The quantitative estimate of drug-likeness (QED) is 0.620. The lowest BCUT2D eigenvalue weighted by Gasteiger charge is -2.33. The summed E-state index contributed by atoms with van der Waals surface area (Å²) in [7, 11) is 1.41. The van der Waals surface area contributed by atoms with Crippen molar-refractivity contribution in [2.75, 3.05) is 13.7 Å². The molecule has 3 atom stereocenters. The number of rotatable bonds is 7. The molecular weight excluding hydrogens is 320 g/mol. The third-order valence-corrected chi connectivity index (χ3v) is 3.86. The molecule has 7 heteroatoms. The zero-order chi connectivity index (χ0) is 17.6. The van der Waals surface area contributed by atoms with Crippen molar-refractivity contribution in [3.63, 3.8) is 0 Å². The normalized spacial score (nSPS) is 14.4. The van der Waals surface area contributed by atoms with E-state index in [9.17, 15) is 19.8 Å². The van der Waals surface area contributed by atoms with Crippen molar-refractivity contribution in [2.45, 2.75) is 18.6 Å². The Morgan fingerprint density at radius 3 is 2.39 bits per heavy atom. The van der Waals surface area contributed by atoms with Crippen molar-refractivity contribution >= 4 is 23.4 Å². The van der Waals surface area contributed by atoms with Gasteiger partial charge in [-0.2, -0.15) is 0 Å². The molecule has 124 valence electrons. The Bertz CT molecular complexity index is 597. The average molecular weight is 339 g/mol. The monoisotopic (exact) mass is 338 g/mol. The molecule has 6 nitrogen and oxygen atoms in total. The molecule has 4 N–H and O–H groups in total. The number of aliphatic hydroxyl groups excluding tert-OH is 2. The van der Waals surface area contributed by atoms with Gasteiger partial charge >= 0.3 is 0 Å². The predicted molar refractivity (Wildman–Crippen MR) is 86.6 cm³/mol. The maximum absolute atomic E-state index is 12.4. The lowest BCUT2D eigenvalue weighted by molar-refractivity contribution is -0.127. The number of nitrogens with zero attached hydrogens (tertiary/aromatic N) is 1. The molecule has 3 unspecified atom stereocenters. The number of primary amides is 1. The number of likely N-dealkylation sites (N-methyl/N-ethyl adjacent to an activating group) is 1. The van der Waals surface area contributed by atoms with Gasteiger partial charge in [-0.25, -0.2) is 0 Å². The van der Waals surface area contributed by atoms with Crippen molar-refractivity contribution < 1.29 is 19.8 Å². The van der Waals surface area contributed by atoms with Crippen LogP contribution in [0.2, 0.25) is 5.02 Å². The maximum Gasteiger partial charge on any atom is 0.254 e. The fraction of sp³-hybridized carbons (Fsp3) is 0.375. The van der Waals surface area contributed by atoms with Crippen LogP contribution in [0.3, 0.4) is 0 Å². The second kappa shape index (κ2) is 8.53. The summed E-state index contributed by atoms with van der Waals surface area (Å²) in [5.41, 5.74) is 5.55. The van der Waals surface area contributed by atoms with Gasteiger partial charge in [0, 0.05) is 24.1 Å². The Hall–Kier alpha value is -2.07. The number of terminal acetylenes is 1. The lowest BCUT2D eigenvalue weighted by Crippen LogP contribution is -2.52. The van der Waals surface area contributed by atoms with Crippen molar-refractivity contribution in [1.29, 1.82) is 0 Å². The van der Waals surface area contributed by atoms with Gasteiger partial charge in [-0.3, -0.25) is 9.59 Å². The second-order valence-electron chi connectivity index (χ2n) is 5.08. The number of benzene rings is 1. The van der Waals surface area contributed by atoms with Crippen LogP contribution in [0.4, 0.5) is 0 Å². The second-order valence-corrected chi connectivity index (χ2v) is 5.52. The zero-order valence-electron chi connectivity index (χ0n) is 12.6. The molecule has 23 heavy (non-hydrogen) atoms. The number of carbonyl (C=O) groups excluding carboxylic acids is 2. The molecular formula is C16H19ClN2O4. The minimum absolute atomic E-state index is 0.0873. The third-order valence-electron chi connectivity index (χ3n) is 3.61. The SMILES string of the molecule is C#CCC(C(N)=O)C(O)C(CO)N(C)C(=O)c1ccc(Cl)cc1. The standard InChI is InChI=1S/C16H19ClN2O4/c1-3-4-12(15(18)22)14(21)13(9-20)19(2)16(23)10-5-7-11(17)8-6-10/h1,5-8,12-14,20-21H,4,9H2,2H3,(H2,18,22). The average Bonchev–Trinajstić information content (AvgIpc) is 2.52. The third kappa shape index (κ3) is 4.70. The van der Waals surface area contributed by atoms with E-state index in [-0.39, 0.29) is 6.42 Å². The molecule has 1 rings (SSSR count). The van der Waals surface area contributed by atoms with E-state index >= 15 is 0 Å². The fourth-order valence-electron chi connectivity index (χ4n) is 2.19. The summed E-state index contributed by atoms with van der Waals surface area (Å²) in [5, 5.41) is 20.3. The molecule has 0 aliphatic heterocycles. The molecule has 0 aromatic heterocycles. The summed E-state index contributed by atoms with van der Waals surface area (Å²) in [5.74, 6) is -0.0348. The van der Waals surface area contributed by atoms with E-state index in [1.165, 1.54) is 19.2 Å². The van der Waals surface area contributed by atoms with E-state index in [0.717, 1.165) is 4.90 Å². The van der Waals surface area contributed by atoms with Gasteiger partial charge in [-0.15, -0.1) is 12.3 Å². The molecule has 0 bridgehead atoms. The van der Waals surface area contributed by atoms with Crippen LogP contribution in [0.25, 0.3) is 0 Å². The Kier molecular flexibility index (Phi) is 7.04. The van der Waals surface area contributed by atoms with Gasteiger partial charge in [0.05, 0.1) is 24.7 Å². The number of hydrogen-bond donors (Lipinski definition) is 3. The highest BCUT2D eigenvalue weighted by Crippen LogP contribution is 2.18. The number of hydrogen-bond acceptors (Lipinski definition) is 4. The summed E-state index contributed by atoms with van der Waals surface area (Å²) in [4.78, 5) is 25.0. The van der Waals surface area contributed by atoms with Crippen molar-refractivity contribution in [2.24, 2.45) is 11.7 Å². The van der Waals surface area contributed by atoms with E-state index < -0.39 is 36.5 Å². The smallest absolute Gasteiger partial charge is 0.254 e. The van der Waals surface area contributed by atoms with Gasteiger partial charge in [-0.1, -0.05) is 11.6 Å². The molecule has 2 amide bonds. The number of halogens is 1. The van der Waals surface area contributed by atoms with Crippen LogP contribution in [0, 0.1) is 18.3 Å². The largest absolute Gasteiger partial charge is 0.394 e. The van der Waals surface area contributed by atoms with Crippen LogP contribution in [0.1, 0.15) is 16.8 Å². The highest BCUT2D eigenvalue weighted by atomic mass is 35.5. The molecule has 0 heterocycles. The van der Waals surface area contributed by atoms with Gasteiger partial charge in [0.25, 0.3) is 5.91 Å². The number of carbonyl (C=O) groups is 2. The van der Waals surface area contributed by atoms with Crippen LogP contribution in [-0.4, -0.2) is 52.7 Å². The zero-order valence-corrected chi connectivity index (χ0v) is 13.4. The van der Waals surface area contributed by atoms with Crippen molar-refractivity contribution in [3.05, 3.63) is 34.9 Å². The summed E-state index contributed by atoms with van der Waals surface area (Å²) in [6.07, 6.45) is 3.70. The molecule has 0 radical (unpaired) electrons. The molecule has 0 aliphatic carbocycles. The van der Waals surface area contributed by atoms with Gasteiger partial charge < -0.3 is 20.8 Å². The molecule has 0 fully saturated rings. The topological polar surface area (TPSA) is 104 Å². The first-order valence-corrected chi connectivity index (χ1v) is 7.25. The van der Waals surface area contributed by atoms with E-state index in [1.54, 1.807) is 12.1 Å². The minimum atomic E-state index is -1.38. The summed E-state index contributed by atoms with van der Waals surface area (Å²) >= 11 is 5.77. The summed E-state index contributed by atoms with van der Waals surface area (Å²) in [6.45, 7) is -0.550. The molecule has 0 spiro atoms. The van der Waals surface area contributed by atoms with E-state index in [1.807, 2.05) is 0 Å². The van der Waals surface area contributed by atoms with Crippen LogP contribution in [0.15, 0.2) is 24.3 Å². The first kappa shape index (κ1) is 19.0. The lowest BCUT2D eigenvalue weighted by atomic mass is 9.92. The van der Waals surface area contributed by atoms with E-state index in [2.05, 4.69) is 5.92 Å². The van der Waals surface area contributed by atoms with Crippen LogP contribution >= 0.6 is 11.6 Å². The molecule has 0 saturated carbocycles. The van der Waals surface area contributed by atoms with Crippen LogP contribution in [0.5, 0.6) is 0 Å². The molecule has 1 aromatic rings. The number of amides is 2. The van der Waals surface area contributed by atoms with Crippen LogP contribution in [-0.2, 0) is 4.79 Å². The first-order chi connectivity index (χ1) is 10.8. The van der Waals surface area contributed by atoms with E-state index in [0.29, 0.717) is 10.6 Å². The number of aliphatic hydroxyl groups is 2. The predicted octanol–water partition coefficient (Wildman–Crippen LogP) is 0.259. The van der Waals surface area contributed by atoms with Gasteiger partial charge in [-0.05, 0) is 24.3 Å². The summed E-state index contributed by atoms with van der Waals surface area (Å²) < 4.78 is 0. The van der Waals surface area contributed by atoms with Gasteiger partial charge in [0.2, 0.25) is 5.91 Å². The highest BCUT2D eigenvalue weighted by Gasteiger charge is 2.35. The maximum atomic E-state index is 12.4. The van der Waals surface area contributed by atoms with Gasteiger partial charge in [0.15, 0.2) is 0 Å². The summed E-state index contributed by atoms with van der Waals surface area (Å²) in [6, 6.07) is 5.13. The van der Waals surface area contributed by atoms with Gasteiger partial charge in [0.1, 0.15) is 0 Å². The Labute approximate surface area is 139 Å². The molecule has 0 saturated heterocycles. The Balaban J connectivity index is 2.98. The van der Waals surface area contributed by atoms with E-state index in [4.69, 9.17) is 23.8 Å². The fourth-order valence-corrected chi connectivity index (χ4v) is 2.32.